The van der Waals surface area contributed by atoms with Crippen molar-refractivity contribution in [2.45, 2.75) is 25.8 Å². The Morgan fingerprint density at radius 1 is 1.29 bits per heavy atom. The summed E-state index contributed by atoms with van der Waals surface area (Å²) in [4.78, 5) is 23.9. The molecule has 1 heterocycles. The SMILES string of the molecule is CCC(NC(=O)CCNC(=O)c1ccccc1F)c1ccnn1C. The zero-order valence-corrected chi connectivity index (χ0v) is 13.8. The van der Waals surface area contributed by atoms with Crippen molar-refractivity contribution in [3.8, 4) is 0 Å². The first-order valence-corrected chi connectivity index (χ1v) is 7.83. The Hall–Kier alpha value is -2.70. The molecule has 0 saturated heterocycles. The summed E-state index contributed by atoms with van der Waals surface area (Å²) in [5.74, 6) is -1.29. The van der Waals surface area contributed by atoms with Gasteiger partial charge in [0.25, 0.3) is 5.91 Å². The van der Waals surface area contributed by atoms with Crippen LogP contribution in [0.2, 0.25) is 0 Å². The first-order chi connectivity index (χ1) is 11.5. The lowest BCUT2D eigenvalue weighted by Crippen LogP contribution is -2.33. The van der Waals surface area contributed by atoms with E-state index in [0.717, 1.165) is 12.1 Å². The lowest BCUT2D eigenvalue weighted by atomic mass is 10.1. The molecule has 2 N–H and O–H groups in total. The molecular weight excluding hydrogens is 311 g/mol. The highest BCUT2D eigenvalue weighted by molar-refractivity contribution is 5.94. The maximum atomic E-state index is 13.5. The molecule has 0 spiro atoms. The Kier molecular flexibility index (Phi) is 6.06. The second-order valence-electron chi connectivity index (χ2n) is 5.39. The molecule has 2 aromatic rings. The van der Waals surface area contributed by atoms with Gasteiger partial charge in [-0.3, -0.25) is 14.3 Å². The number of amides is 2. The Labute approximate surface area is 140 Å². The van der Waals surface area contributed by atoms with Crippen molar-refractivity contribution in [1.82, 2.24) is 20.4 Å². The molecule has 2 rings (SSSR count). The standard InChI is InChI=1S/C17H21FN4O2/c1-3-14(15-8-11-20-22(15)2)21-16(23)9-10-19-17(24)12-6-4-5-7-13(12)18/h4-8,11,14H,3,9-10H2,1-2H3,(H,19,24)(H,21,23). The number of nitrogens with zero attached hydrogens (tertiary/aromatic N) is 2. The van der Waals surface area contributed by atoms with Crippen molar-refractivity contribution >= 4 is 11.8 Å². The van der Waals surface area contributed by atoms with Crippen molar-refractivity contribution in [3.63, 3.8) is 0 Å². The second-order valence-corrected chi connectivity index (χ2v) is 5.39. The average molecular weight is 332 g/mol. The summed E-state index contributed by atoms with van der Waals surface area (Å²) in [6, 6.07) is 7.45. The zero-order chi connectivity index (χ0) is 17.5. The summed E-state index contributed by atoms with van der Waals surface area (Å²) in [5, 5.41) is 9.55. The highest BCUT2D eigenvalue weighted by Crippen LogP contribution is 2.15. The highest BCUT2D eigenvalue weighted by atomic mass is 19.1. The molecule has 1 aromatic carbocycles. The van der Waals surface area contributed by atoms with Gasteiger partial charge in [-0.25, -0.2) is 4.39 Å². The minimum absolute atomic E-state index is 0.0285. The molecule has 1 aromatic heterocycles. The van der Waals surface area contributed by atoms with E-state index in [1.807, 2.05) is 20.0 Å². The maximum Gasteiger partial charge on any atom is 0.254 e. The molecule has 1 atom stereocenters. The van der Waals surface area contributed by atoms with Crippen LogP contribution in [0.15, 0.2) is 36.5 Å². The molecule has 0 bridgehead atoms. The second kappa shape index (κ2) is 8.24. The van der Waals surface area contributed by atoms with Crippen LogP contribution >= 0.6 is 0 Å². The number of nitrogens with one attached hydrogen (secondary N) is 2. The third kappa shape index (κ3) is 4.41. The Balaban J connectivity index is 1.82. The number of halogens is 1. The molecule has 7 heteroatoms. The topological polar surface area (TPSA) is 76.0 Å². The van der Waals surface area contributed by atoms with Gasteiger partial charge in [-0.1, -0.05) is 19.1 Å². The summed E-state index contributed by atoms with van der Waals surface area (Å²) >= 11 is 0. The molecular formula is C17H21FN4O2. The van der Waals surface area contributed by atoms with Crippen LogP contribution in [0.3, 0.4) is 0 Å². The van der Waals surface area contributed by atoms with Gasteiger partial charge in [0.05, 0.1) is 17.3 Å². The maximum absolute atomic E-state index is 13.5. The molecule has 2 amide bonds. The monoisotopic (exact) mass is 332 g/mol. The Morgan fingerprint density at radius 3 is 2.67 bits per heavy atom. The normalized spacial score (nSPS) is 11.8. The smallest absolute Gasteiger partial charge is 0.254 e. The fraction of sp³-hybridized carbons (Fsp3) is 0.353. The average Bonchev–Trinajstić information content (AvgIpc) is 2.99. The van der Waals surface area contributed by atoms with Crippen LogP contribution in [0, 0.1) is 5.82 Å². The van der Waals surface area contributed by atoms with E-state index in [4.69, 9.17) is 0 Å². The zero-order valence-electron chi connectivity index (χ0n) is 13.8. The Bertz CT molecular complexity index is 714. The van der Waals surface area contributed by atoms with Gasteiger partial charge in [-0.05, 0) is 24.6 Å². The first kappa shape index (κ1) is 17.7. The molecule has 0 aliphatic rings. The summed E-state index contributed by atoms with van der Waals surface area (Å²) in [6.45, 7) is 2.11. The van der Waals surface area contributed by atoms with Crippen LogP contribution in [0.5, 0.6) is 0 Å². The number of benzene rings is 1. The van der Waals surface area contributed by atoms with E-state index in [9.17, 15) is 14.0 Å². The lowest BCUT2D eigenvalue weighted by Gasteiger charge is -2.17. The molecule has 6 nitrogen and oxygen atoms in total. The van der Waals surface area contributed by atoms with E-state index in [2.05, 4.69) is 15.7 Å². The molecule has 24 heavy (non-hydrogen) atoms. The van der Waals surface area contributed by atoms with E-state index < -0.39 is 11.7 Å². The third-order valence-electron chi connectivity index (χ3n) is 3.72. The van der Waals surface area contributed by atoms with Crippen molar-refractivity contribution in [2.24, 2.45) is 7.05 Å². The lowest BCUT2D eigenvalue weighted by molar-refractivity contribution is -0.121. The van der Waals surface area contributed by atoms with E-state index in [1.165, 1.54) is 18.2 Å². The molecule has 0 saturated carbocycles. The van der Waals surface area contributed by atoms with Crippen LogP contribution in [0.4, 0.5) is 4.39 Å². The van der Waals surface area contributed by atoms with E-state index in [-0.39, 0.29) is 30.5 Å². The van der Waals surface area contributed by atoms with Gasteiger partial charge in [0.2, 0.25) is 5.91 Å². The van der Waals surface area contributed by atoms with Gasteiger partial charge in [0.15, 0.2) is 0 Å². The van der Waals surface area contributed by atoms with Crippen molar-refractivity contribution in [2.75, 3.05) is 6.54 Å². The minimum Gasteiger partial charge on any atom is -0.351 e. The number of carbonyl (C=O) groups excluding carboxylic acids is 2. The van der Waals surface area contributed by atoms with Gasteiger partial charge in [-0.15, -0.1) is 0 Å². The summed E-state index contributed by atoms with van der Waals surface area (Å²) < 4.78 is 15.2. The van der Waals surface area contributed by atoms with Crippen LogP contribution in [-0.2, 0) is 11.8 Å². The number of carbonyl (C=O) groups is 2. The van der Waals surface area contributed by atoms with Gasteiger partial charge in [0, 0.05) is 26.2 Å². The van der Waals surface area contributed by atoms with Crippen LogP contribution in [0.25, 0.3) is 0 Å². The van der Waals surface area contributed by atoms with Gasteiger partial charge in [0.1, 0.15) is 5.82 Å². The van der Waals surface area contributed by atoms with Crippen LogP contribution in [-0.4, -0.2) is 28.1 Å². The van der Waals surface area contributed by atoms with Gasteiger partial charge >= 0.3 is 0 Å². The largest absolute Gasteiger partial charge is 0.351 e. The summed E-state index contributed by atoms with van der Waals surface area (Å²) in [7, 11) is 1.82. The van der Waals surface area contributed by atoms with E-state index >= 15 is 0 Å². The molecule has 128 valence electrons. The number of aryl methyl sites for hydroxylation is 1. The third-order valence-corrected chi connectivity index (χ3v) is 3.72. The van der Waals surface area contributed by atoms with E-state index in [0.29, 0.717) is 0 Å². The number of hydrogen-bond acceptors (Lipinski definition) is 3. The van der Waals surface area contributed by atoms with Gasteiger partial charge < -0.3 is 10.6 Å². The predicted molar refractivity (Wildman–Crippen MR) is 87.7 cm³/mol. The number of hydrogen-bond donors (Lipinski definition) is 2. The number of aromatic nitrogens is 2. The minimum atomic E-state index is -0.582. The Morgan fingerprint density at radius 2 is 2.04 bits per heavy atom. The molecule has 0 aliphatic carbocycles. The summed E-state index contributed by atoms with van der Waals surface area (Å²) in [6.07, 6.45) is 2.53. The fourth-order valence-electron chi connectivity index (χ4n) is 2.41. The van der Waals surface area contributed by atoms with Crippen LogP contribution < -0.4 is 10.6 Å². The highest BCUT2D eigenvalue weighted by Gasteiger charge is 2.16. The molecule has 0 aliphatic heterocycles. The van der Waals surface area contributed by atoms with Crippen molar-refractivity contribution in [1.29, 1.82) is 0 Å². The van der Waals surface area contributed by atoms with Crippen molar-refractivity contribution < 1.29 is 14.0 Å². The molecule has 0 fully saturated rings. The van der Waals surface area contributed by atoms with E-state index in [1.54, 1.807) is 16.9 Å². The van der Waals surface area contributed by atoms with Crippen LogP contribution in [0.1, 0.15) is 41.9 Å². The summed E-state index contributed by atoms with van der Waals surface area (Å²) in [5.41, 5.74) is 0.889. The predicted octanol–water partition coefficient (Wildman–Crippen LogP) is 1.95. The fourth-order valence-corrected chi connectivity index (χ4v) is 2.41. The molecule has 0 radical (unpaired) electrons. The van der Waals surface area contributed by atoms with Gasteiger partial charge in [-0.2, -0.15) is 5.10 Å². The first-order valence-electron chi connectivity index (χ1n) is 7.83. The number of rotatable bonds is 7. The quantitative estimate of drug-likeness (QED) is 0.814. The molecule has 1 unspecified atom stereocenters. The van der Waals surface area contributed by atoms with Crippen molar-refractivity contribution in [3.05, 3.63) is 53.6 Å².